The third-order valence-electron chi connectivity index (χ3n) is 5.92. The van der Waals surface area contributed by atoms with Crippen LogP contribution in [0.15, 0.2) is 66.7 Å². The van der Waals surface area contributed by atoms with Gasteiger partial charge in [0.2, 0.25) is 0 Å². The number of benzene rings is 3. The summed E-state index contributed by atoms with van der Waals surface area (Å²) in [6.07, 6.45) is -4.54. The molecule has 0 aliphatic heterocycles. The molecule has 1 amide bonds. The maximum atomic E-state index is 14.1. The molecule has 1 N–H and O–H groups in total. The van der Waals surface area contributed by atoms with Crippen molar-refractivity contribution in [3.05, 3.63) is 100 Å². The quantitative estimate of drug-likeness (QED) is 0.362. The van der Waals surface area contributed by atoms with Gasteiger partial charge in [-0.15, -0.1) is 0 Å². The number of carbonyl (C=O) groups is 1. The van der Waals surface area contributed by atoms with Crippen molar-refractivity contribution in [3.63, 3.8) is 0 Å². The summed E-state index contributed by atoms with van der Waals surface area (Å²) in [4.78, 5) is 15.1. The van der Waals surface area contributed by atoms with Gasteiger partial charge in [-0.25, -0.2) is 4.39 Å². The molecule has 0 saturated heterocycles. The molecule has 0 spiro atoms. The lowest BCUT2D eigenvalue weighted by Crippen LogP contribution is -2.33. The number of carbonyl (C=O) groups excluding carboxylic acids is 1. The summed E-state index contributed by atoms with van der Waals surface area (Å²) in [5, 5.41) is 3.02. The largest absolute Gasteiger partial charge is 0.419 e. The zero-order chi connectivity index (χ0) is 25.8. The average molecular weight is 487 g/mol. The number of anilines is 1. The molecular weight excluding hydrogens is 456 g/mol. The number of para-hydroxylation sites is 1. The highest BCUT2D eigenvalue weighted by molar-refractivity contribution is 5.99. The van der Waals surface area contributed by atoms with Crippen LogP contribution in [0.4, 0.5) is 23.2 Å². The van der Waals surface area contributed by atoms with Crippen LogP contribution in [0.1, 0.15) is 53.4 Å². The van der Waals surface area contributed by atoms with Crippen LogP contribution in [0.25, 0.3) is 0 Å². The number of rotatable bonds is 7. The summed E-state index contributed by atoms with van der Waals surface area (Å²) in [7, 11) is 1.73. The Balaban J connectivity index is 1.86. The predicted molar refractivity (Wildman–Crippen MR) is 131 cm³/mol. The van der Waals surface area contributed by atoms with Crippen LogP contribution in [0.3, 0.4) is 0 Å². The van der Waals surface area contributed by atoms with Crippen LogP contribution in [-0.4, -0.2) is 24.4 Å². The smallest absolute Gasteiger partial charge is 0.387 e. The molecule has 0 fully saturated rings. The van der Waals surface area contributed by atoms with Gasteiger partial charge in [0.05, 0.1) is 11.1 Å². The van der Waals surface area contributed by atoms with Gasteiger partial charge in [0.25, 0.3) is 5.91 Å². The zero-order valence-corrected chi connectivity index (χ0v) is 20.3. The lowest BCUT2D eigenvalue weighted by atomic mass is 9.87. The number of hydrogen-bond acceptors (Lipinski definition) is 2. The van der Waals surface area contributed by atoms with Crippen molar-refractivity contribution in [2.75, 3.05) is 18.9 Å². The van der Waals surface area contributed by atoms with Crippen molar-refractivity contribution >= 4 is 11.6 Å². The molecular formula is C28H30F4N2O. The first-order chi connectivity index (χ1) is 16.4. The third kappa shape index (κ3) is 6.62. The molecule has 0 atom stereocenters. The molecule has 0 bridgehead atoms. The number of nitrogens with zero attached hydrogens (tertiary/aromatic N) is 1. The topological polar surface area (TPSA) is 32.3 Å². The van der Waals surface area contributed by atoms with E-state index >= 15 is 0 Å². The fraction of sp³-hybridized carbons (Fsp3) is 0.321. The Morgan fingerprint density at radius 1 is 0.914 bits per heavy atom. The van der Waals surface area contributed by atoms with Gasteiger partial charge in [0.1, 0.15) is 5.82 Å². The Labute approximate surface area is 203 Å². The highest BCUT2D eigenvalue weighted by Crippen LogP contribution is 2.32. The minimum absolute atomic E-state index is 0.00752. The Morgan fingerprint density at radius 2 is 1.54 bits per heavy atom. The lowest BCUT2D eigenvalue weighted by Gasteiger charge is -2.25. The summed E-state index contributed by atoms with van der Waals surface area (Å²) in [6.45, 7) is 6.88. The van der Waals surface area contributed by atoms with Crippen LogP contribution in [0.2, 0.25) is 0 Å². The summed E-state index contributed by atoms with van der Waals surface area (Å²) >= 11 is 0. The van der Waals surface area contributed by atoms with Gasteiger partial charge in [-0.1, -0.05) is 63.2 Å². The van der Waals surface area contributed by atoms with Gasteiger partial charge in [-0.3, -0.25) is 4.79 Å². The molecule has 3 aromatic rings. The highest BCUT2D eigenvalue weighted by Gasteiger charge is 2.34. The number of amides is 1. The van der Waals surface area contributed by atoms with Gasteiger partial charge in [-0.05, 0) is 52.8 Å². The Morgan fingerprint density at radius 3 is 2.11 bits per heavy atom. The molecule has 3 rings (SSSR count). The van der Waals surface area contributed by atoms with Crippen molar-refractivity contribution in [1.82, 2.24) is 4.90 Å². The predicted octanol–water partition coefficient (Wildman–Crippen LogP) is 7.07. The molecule has 0 radical (unpaired) electrons. The molecule has 3 nitrogen and oxygen atoms in total. The zero-order valence-electron chi connectivity index (χ0n) is 20.3. The van der Waals surface area contributed by atoms with Gasteiger partial charge in [-0.2, -0.15) is 13.2 Å². The number of nitrogens with one attached hydrogen (secondary N) is 1. The van der Waals surface area contributed by atoms with E-state index in [4.69, 9.17) is 0 Å². The van der Waals surface area contributed by atoms with E-state index in [1.807, 2.05) is 30.3 Å². The molecule has 0 aromatic heterocycles. The first kappa shape index (κ1) is 26.3. The fourth-order valence-electron chi connectivity index (χ4n) is 3.85. The first-order valence-electron chi connectivity index (χ1n) is 11.4. The van der Waals surface area contributed by atoms with E-state index in [0.717, 1.165) is 17.7 Å². The van der Waals surface area contributed by atoms with Crippen molar-refractivity contribution in [2.45, 2.75) is 45.3 Å². The standard InChI is InChI=1S/C28H30F4N2O/c1-27(2,3)21-12-9-20(10-13-21)18-34(26(35)22-7-5-6-8-25(22)33-4)16-15-19-11-14-23(24(29)17-19)28(30,31)32/h5-14,17,33H,15-16,18H2,1-4H3. The maximum Gasteiger partial charge on any atom is 0.419 e. The Bertz CT molecular complexity index is 1160. The van der Waals surface area contributed by atoms with E-state index in [1.165, 1.54) is 11.6 Å². The van der Waals surface area contributed by atoms with Crippen molar-refractivity contribution < 1.29 is 22.4 Å². The SMILES string of the molecule is CNc1ccccc1C(=O)N(CCc1ccc(C(F)(F)F)c(F)c1)Cc1ccc(C(C)(C)C)cc1. The van der Waals surface area contributed by atoms with Gasteiger partial charge < -0.3 is 10.2 Å². The molecule has 0 unspecified atom stereocenters. The van der Waals surface area contributed by atoms with Crippen LogP contribution < -0.4 is 5.32 Å². The van der Waals surface area contributed by atoms with Gasteiger partial charge in [0, 0.05) is 25.8 Å². The number of hydrogen-bond donors (Lipinski definition) is 1. The average Bonchev–Trinajstić information content (AvgIpc) is 2.80. The Hall–Kier alpha value is -3.35. The van der Waals surface area contributed by atoms with Gasteiger partial charge in [0.15, 0.2) is 0 Å². The summed E-state index contributed by atoms with van der Waals surface area (Å²) in [6, 6.07) is 18.0. The summed E-state index contributed by atoms with van der Waals surface area (Å²) in [5.41, 5.74) is 2.33. The third-order valence-corrected chi connectivity index (χ3v) is 5.92. The van der Waals surface area contributed by atoms with E-state index in [9.17, 15) is 22.4 Å². The fourth-order valence-corrected chi connectivity index (χ4v) is 3.85. The molecule has 0 heterocycles. The minimum Gasteiger partial charge on any atom is -0.387 e. The van der Waals surface area contributed by atoms with Crippen molar-refractivity contribution in [2.24, 2.45) is 0 Å². The van der Waals surface area contributed by atoms with E-state index in [1.54, 1.807) is 30.1 Å². The van der Waals surface area contributed by atoms with E-state index < -0.39 is 17.6 Å². The molecule has 186 valence electrons. The van der Waals surface area contributed by atoms with Gasteiger partial charge >= 0.3 is 6.18 Å². The lowest BCUT2D eigenvalue weighted by molar-refractivity contribution is -0.140. The van der Waals surface area contributed by atoms with E-state index in [0.29, 0.717) is 23.4 Å². The molecule has 35 heavy (non-hydrogen) atoms. The monoisotopic (exact) mass is 486 g/mol. The van der Waals surface area contributed by atoms with Crippen molar-refractivity contribution in [3.8, 4) is 0 Å². The molecule has 0 saturated carbocycles. The number of alkyl halides is 3. The van der Waals surface area contributed by atoms with Crippen LogP contribution in [-0.2, 0) is 24.6 Å². The summed E-state index contributed by atoms with van der Waals surface area (Å²) < 4.78 is 52.8. The second-order valence-corrected chi connectivity index (χ2v) is 9.53. The molecule has 0 aliphatic carbocycles. The molecule has 0 aliphatic rings. The highest BCUT2D eigenvalue weighted by atomic mass is 19.4. The molecule has 7 heteroatoms. The Kier molecular flexibility index (Phi) is 7.88. The van der Waals surface area contributed by atoms with E-state index in [2.05, 4.69) is 26.1 Å². The maximum absolute atomic E-state index is 14.1. The summed E-state index contributed by atoms with van der Waals surface area (Å²) in [5.74, 6) is -1.53. The van der Waals surface area contributed by atoms with Crippen LogP contribution in [0.5, 0.6) is 0 Å². The van der Waals surface area contributed by atoms with E-state index in [-0.39, 0.29) is 24.3 Å². The second kappa shape index (κ2) is 10.5. The second-order valence-electron chi connectivity index (χ2n) is 9.53. The van der Waals surface area contributed by atoms with Crippen molar-refractivity contribution in [1.29, 1.82) is 0 Å². The van der Waals surface area contributed by atoms with Crippen LogP contribution >= 0.6 is 0 Å². The first-order valence-corrected chi connectivity index (χ1v) is 11.4. The molecule has 3 aromatic carbocycles. The number of halogens is 4. The normalized spacial score (nSPS) is 11.9. The van der Waals surface area contributed by atoms with Crippen LogP contribution in [0, 0.1) is 5.82 Å². The minimum atomic E-state index is -4.75.